The molecule has 11 N–H and O–H groups in total. The average molecular weight is 219 g/mol. The minimum atomic E-state index is -4.88. The van der Waals surface area contributed by atoms with Gasteiger partial charge in [-0.1, -0.05) is 0 Å². The third-order valence-corrected chi connectivity index (χ3v) is 1.20. The standard InChI is InChI=1S/C3H8NO6P.2H3N/c4-2(3(5)6)1-10-11(7,8)9;;/h2H,1,4H2,(H,5,6)(H2,7,8,9);2*1H3/t2-;;/m0../s1. The highest BCUT2D eigenvalue weighted by atomic mass is 31.2. The van der Waals surface area contributed by atoms with Crippen molar-refractivity contribution in [3.8, 4) is 0 Å². The topological polar surface area (TPSA) is 209 Å². The van der Waals surface area contributed by atoms with Crippen LogP contribution in [0.1, 0.15) is 0 Å². The maximum Gasteiger partial charge on any atom is 0.265 e. The molecule has 9 nitrogen and oxygen atoms in total. The zero-order valence-corrected chi connectivity index (χ0v) is 8.19. The first kappa shape index (κ1) is 18.3. The summed E-state index contributed by atoms with van der Waals surface area (Å²) in [6.07, 6.45) is 0. The quantitative estimate of drug-likeness (QED) is 0.366. The Balaban J connectivity index is -0.000000500. The summed E-state index contributed by atoms with van der Waals surface area (Å²) < 4.78 is 13.5. The Morgan fingerprint density at radius 3 is 2.23 bits per heavy atom. The highest BCUT2D eigenvalue weighted by Gasteiger charge is 2.07. The van der Waals surface area contributed by atoms with E-state index in [1.807, 2.05) is 0 Å². The van der Waals surface area contributed by atoms with E-state index < -0.39 is 26.4 Å². The lowest BCUT2D eigenvalue weighted by molar-refractivity contribution is -0.308. The van der Waals surface area contributed by atoms with E-state index in [-0.39, 0.29) is 12.3 Å². The van der Waals surface area contributed by atoms with Crippen LogP contribution in [0, 0.1) is 0 Å². The molecule has 0 radical (unpaired) electrons. The minimum absolute atomic E-state index is 0. The molecule has 0 aromatic rings. The summed E-state index contributed by atoms with van der Waals surface area (Å²) in [4.78, 5) is 27.6. The molecule has 13 heavy (non-hydrogen) atoms. The fourth-order valence-electron chi connectivity index (χ4n) is 0.243. The van der Waals surface area contributed by atoms with Gasteiger partial charge in [0.25, 0.3) is 7.82 Å². The largest absolute Gasteiger partial charge is 0.756 e. The Hall–Kier alpha value is -0.540. The van der Waals surface area contributed by atoms with E-state index in [1.54, 1.807) is 0 Å². The summed E-state index contributed by atoms with van der Waals surface area (Å²) in [5.74, 6) is -1.65. The third kappa shape index (κ3) is 11.5. The van der Waals surface area contributed by atoms with E-state index in [9.17, 15) is 19.4 Å². The first-order valence-electron chi connectivity index (χ1n) is 2.47. The monoisotopic (exact) mass is 219 g/mol. The van der Waals surface area contributed by atoms with Crippen molar-refractivity contribution in [1.82, 2.24) is 12.3 Å². The Morgan fingerprint density at radius 2 is 2.00 bits per heavy atom. The van der Waals surface area contributed by atoms with Gasteiger partial charge in [-0.05, 0) is 0 Å². The van der Waals surface area contributed by atoms with Crippen molar-refractivity contribution in [3.63, 3.8) is 0 Å². The molecule has 1 unspecified atom stereocenters. The van der Waals surface area contributed by atoms with Crippen LogP contribution in [0.4, 0.5) is 0 Å². The maximum atomic E-state index is 9.85. The normalized spacial score (nSPS) is 15.9. The van der Waals surface area contributed by atoms with Gasteiger partial charge in [0.15, 0.2) is 0 Å². The molecule has 0 amide bonds. The van der Waals surface area contributed by atoms with Crippen LogP contribution in [-0.2, 0) is 13.9 Å². The molecule has 0 heterocycles. The minimum Gasteiger partial charge on any atom is -0.756 e. The molecule has 2 atom stereocenters. The molecule has 0 fully saturated rings. The predicted octanol–water partition coefficient (Wildman–Crippen LogP) is -2.71. The summed E-state index contributed by atoms with van der Waals surface area (Å²) in [6, 6.07) is -1.57. The van der Waals surface area contributed by atoms with Gasteiger partial charge in [0.1, 0.15) is 0 Å². The van der Waals surface area contributed by atoms with E-state index in [0.29, 0.717) is 0 Å². The van der Waals surface area contributed by atoms with Gasteiger partial charge in [-0.25, -0.2) is 0 Å². The number of quaternary nitrogens is 2. The Labute approximate surface area is 74.3 Å². The molecule has 0 saturated heterocycles. The Morgan fingerprint density at radius 1 is 1.62 bits per heavy atom. The zero-order chi connectivity index (χ0) is 9.07. The van der Waals surface area contributed by atoms with Crippen molar-refractivity contribution in [3.05, 3.63) is 0 Å². The van der Waals surface area contributed by atoms with Gasteiger partial charge in [-0.2, -0.15) is 0 Å². The lowest BCUT2D eigenvalue weighted by Gasteiger charge is -2.18. The second-order valence-corrected chi connectivity index (χ2v) is 2.89. The third-order valence-electron chi connectivity index (χ3n) is 0.720. The van der Waals surface area contributed by atoms with Gasteiger partial charge in [0, 0.05) is 0 Å². The molecule has 0 aromatic heterocycles. The Bertz CT molecular complexity index is 192. The highest BCUT2D eigenvalue weighted by molar-refractivity contribution is 7.44. The molecule has 0 aromatic carbocycles. The fraction of sp³-hybridized carbons (Fsp3) is 0.667. The molecule has 0 aliphatic carbocycles. The number of carbonyl (C=O) groups is 1. The van der Waals surface area contributed by atoms with Gasteiger partial charge < -0.3 is 42.2 Å². The molecule has 0 aliphatic rings. The molecule has 82 valence electrons. The van der Waals surface area contributed by atoms with Crippen LogP contribution in [0.5, 0.6) is 0 Å². The summed E-state index contributed by atoms with van der Waals surface area (Å²) in [5, 5.41) is 9.83. The van der Waals surface area contributed by atoms with Gasteiger partial charge >= 0.3 is 0 Å². The van der Waals surface area contributed by atoms with Gasteiger partial charge in [0.05, 0.1) is 18.6 Å². The van der Waals surface area contributed by atoms with Crippen molar-refractivity contribution >= 4 is 13.8 Å². The van der Waals surface area contributed by atoms with Crippen LogP contribution < -0.4 is 28.0 Å². The SMILES string of the molecule is N[C@@H](COP(=O)([O-])O)C(=O)[O-].[NH4+].[NH4+]. The number of carbonyl (C=O) groups excluding carboxylic acids is 1. The first-order valence-corrected chi connectivity index (χ1v) is 3.97. The number of rotatable bonds is 4. The number of phosphoric acid groups is 1. The molecule has 0 saturated carbocycles. The lowest BCUT2D eigenvalue weighted by atomic mass is 10.3. The molecular formula is C3H14N3O6P. The van der Waals surface area contributed by atoms with Gasteiger partial charge in [0.2, 0.25) is 0 Å². The van der Waals surface area contributed by atoms with Crippen molar-refractivity contribution in [2.24, 2.45) is 5.73 Å². The van der Waals surface area contributed by atoms with Crippen molar-refractivity contribution < 1.29 is 28.8 Å². The van der Waals surface area contributed by atoms with E-state index in [0.717, 1.165) is 0 Å². The number of carboxylic acid groups (broad SMARTS) is 1. The lowest BCUT2D eigenvalue weighted by Crippen LogP contribution is -2.44. The second kappa shape index (κ2) is 6.92. The smallest absolute Gasteiger partial charge is 0.265 e. The fourth-order valence-corrected chi connectivity index (χ4v) is 0.592. The zero-order valence-electron chi connectivity index (χ0n) is 7.30. The molecule has 0 rings (SSSR count). The molecule has 0 spiro atoms. The predicted molar refractivity (Wildman–Crippen MR) is 40.7 cm³/mol. The van der Waals surface area contributed by atoms with E-state index >= 15 is 0 Å². The molecular weight excluding hydrogens is 205 g/mol. The molecule has 0 bridgehead atoms. The average Bonchev–Trinajstić information content (AvgIpc) is 1.80. The highest BCUT2D eigenvalue weighted by Crippen LogP contribution is 2.29. The van der Waals surface area contributed by atoms with E-state index in [2.05, 4.69) is 4.52 Å². The summed E-state index contributed by atoms with van der Waals surface area (Å²) in [5.41, 5.74) is 4.77. The second-order valence-electron chi connectivity index (χ2n) is 1.69. The van der Waals surface area contributed by atoms with Crippen molar-refractivity contribution in [2.75, 3.05) is 6.61 Å². The van der Waals surface area contributed by atoms with Crippen molar-refractivity contribution in [1.29, 1.82) is 0 Å². The number of hydrogen-bond acceptors (Lipinski definition) is 6. The summed E-state index contributed by atoms with van der Waals surface area (Å²) >= 11 is 0. The first-order chi connectivity index (χ1) is 4.83. The maximum absolute atomic E-state index is 9.85. The van der Waals surface area contributed by atoms with E-state index in [1.165, 1.54) is 0 Å². The van der Waals surface area contributed by atoms with Crippen LogP contribution in [0.2, 0.25) is 0 Å². The molecule has 10 heteroatoms. The van der Waals surface area contributed by atoms with E-state index in [4.69, 9.17) is 10.6 Å². The molecule has 0 aliphatic heterocycles. The van der Waals surface area contributed by atoms with Crippen LogP contribution in [0.15, 0.2) is 0 Å². The van der Waals surface area contributed by atoms with Crippen LogP contribution in [0.3, 0.4) is 0 Å². The summed E-state index contributed by atoms with van der Waals surface area (Å²) in [7, 11) is -4.88. The van der Waals surface area contributed by atoms with Crippen LogP contribution in [-0.4, -0.2) is 23.5 Å². The van der Waals surface area contributed by atoms with Crippen LogP contribution >= 0.6 is 7.82 Å². The van der Waals surface area contributed by atoms with Gasteiger partial charge in [-0.15, -0.1) is 0 Å². The van der Waals surface area contributed by atoms with Gasteiger partial charge in [-0.3, -0.25) is 4.57 Å². The number of nitrogens with two attached hydrogens (primary N) is 1. The van der Waals surface area contributed by atoms with Crippen LogP contribution in [0.25, 0.3) is 0 Å². The number of carboxylic acids is 1. The summed E-state index contributed by atoms with van der Waals surface area (Å²) in [6.45, 7) is -0.834. The Kier molecular flexibility index (Phi) is 9.73. The number of aliphatic carboxylic acids is 1. The number of phosphoric ester groups is 1. The number of hydrogen-bond donors (Lipinski definition) is 4. The van der Waals surface area contributed by atoms with Crippen molar-refractivity contribution in [2.45, 2.75) is 6.04 Å².